The van der Waals surface area contributed by atoms with E-state index in [4.69, 9.17) is 4.42 Å². The van der Waals surface area contributed by atoms with E-state index in [9.17, 15) is 9.50 Å². The number of hydrogen-bond donors (Lipinski definition) is 2. The van der Waals surface area contributed by atoms with Crippen LogP contribution in [-0.4, -0.2) is 57.9 Å². The summed E-state index contributed by atoms with van der Waals surface area (Å²) in [4.78, 5) is 1.86. The first kappa shape index (κ1) is 18.8. The van der Waals surface area contributed by atoms with Crippen molar-refractivity contribution in [2.24, 2.45) is 0 Å². The molecule has 1 aliphatic carbocycles. The first-order valence-electron chi connectivity index (χ1n) is 9.04. The molecule has 1 saturated carbocycles. The highest BCUT2D eigenvalue weighted by atomic mass is 32.1. The zero-order valence-corrected chi connectivity index (χ0v) is 16.4. The largest absolute Gasteiger partial charge is 0.507 e. The van der Waals surface area contributed by atoms with Gasteiger partial charge in [-0.3, -0.25) is 0 Å². The van der Waals surface area contributed by atoms with Crippen LogP contribution in [0.25, 0.3) is 22.0 Å². The summed E-state index contributed by atoms with van der Waals surface area (Å²) in [5.74, 6) is 0.363. The molecule has 0 bridgehead atoms. The minimum absolute atomic E-state index is 0.0392. The quantitative estimate of drug-likeness (QED) is 0.670. The van der Waals surface area contributed by atoms with E-state index in [2.05, 4.69) is 25.7 Å². The second-order valence-electron chi connectivity index (χ2n) is 6.86. The number of alkyl halides is 1. The predicted octanol–water partition coefficient (Wildman–Crippen LogP) is 2.88. The SMILES string of the molecule is CNC1CCC(F)[C@@H](N(C)c2nnc(-c3ccc(-c4nnco4)cc3O)s2)C1. The van der Waals surface area contributed by atoms with Gasteiger partial charge in [-0.2, -0.15) is 0 Å². The van der Waals surface area contributed by atoms with E-state index in [0.29, 0.717) is 46.0 Å². The Morgan fingerprint density at radius 1 is 1.29 bits per heavy atom. The summed E-state index contributed by atoms with van der Waals surface area (Å²) in [5, 5.41) is 30.7. The van der Waals surface area contributed by atoms with E-state index in [-0.39, 0.29) is 11.8 Å². The average molecular weight is 404 g/mol. The number of rotatable bonds is 5. The lowest BCUT2D eigenvalue weighted by molar-refractivity contribution is 0.189. The van der Waals surface area contributed by atoms with Gasteiger partial charge in [0, 0.05) is 18.7 Å². The van der Waals surface area contributed by atoms with Crippen molar-refractivity contribution in [3.63, 3.8) is 0 Å². The Labute approximate surface area is 165 Å². The van der Waals surface area contributed by atoms with Crippen molar-refractivity contribution in [1.29, 1.82) is 0 Å². The fourth-order valence-corrected chi connectivity index (χ4v) is 4.42. The van der Waals surface area contributed by atoms with Crippen LogP contribution in [0.1, 0.15) is 19.3 Å². The van der Waals surface area contributed by atoms with Crippen molar-refractivity contribution >= 4 is 16.5 Å². The smallest absolute Gasteiger partial charge is 0.247 e. The molecule has 28 heavy (non-hydrogen) atoms. The van der Waals surface area contributed by atoms with Crippen LogP contribution in [0.3, 0.4) is 0 Å². The summed E-state index contributed by atoms with van der Waals surface area (Å²) >= 11 is 1.32. The molecule has 2 unspecified atom stereocenters. The first-order valence-corrected chi connectivity index (χ1v) is 9.86. The highest BCUT2D eigenvalue weighted by Crippen LogP contribution is 2.37. The van der Waals surface area contributed by atoms with Gasteiger partial charge < -0.3 is 19.7 Å². The molecule has 0 aliphatic heterocycles. The standard InChI is InChI=1S/C18H21FN6O2S/c1-20-11-4-6-13(19)14(8-11)25(2)18-24-23-17(28-18)12-5-3-10(7-15(12)26)16-22-21-9-27-16/h3,5,7,9,11,13-14,20,26H,4,6,8H2,1-2H3/t11?,13?,14-/m0/s1. The lowest BCUT2D eigenvalue weighted by Gasteiger charge is -2.37. The molecule has 0 amide bonds. The number of nitrogens with zero attached hydrogens (tertiary/aromatic N) is 5. The van der Waals surface area contributed by atoms with Gasteiger partial charge in [0.25, 0.3) is 0 Å². The van der Waals surface area contributed by atoms with Gasteiger partial charge in [-0.25, -0.2) is 4.39 Å². The molecule has 3 atom stereocenters. The molecule has 10 heteroatoms. The third-order valence-corrected chi connectivity index (χ3v) is 6.24. The van der Waals surface area contributed by atoms with Crippen LogP contribution in [0.15, 0.2) is 29.0 Å². The highest BCUT2D eigenvalue weighted by molar-refractivity contribution is 7.18. The number of hydrogen-bond acceptors (Lipinski definition) is 9. The monoisotopic (exact) mass is 404 g/mol. The van der Waals surface area contributed by atoms with Crippen LogP contribution < -0.4 is 10.2 Å². The van der Waals surface area contributed by atoms with Crippen molar-refractivity contribution in [3.05, 3.63) is 24.6 Å². The van der Waals surface area contributed by atoms with E-state index >= 15 is 0 Å². The Kier molecular flexibility index (Phi) is 5.23. The van der Waals surface area contributed by atoms with E-state index in [1.807, 2.05) is 19.0 Å². The minimum Gasteiger partial charge on any atom is -0.507 e. The van der Waals surface area contributed by atoms with Gasteiger partial charge >= 0.3 is 0 Å². The molecular weight excluding hydrogens is 383 g/mol. The topological polar surface area (TPSA) is 100 Å². The van der Waals surface area contributed by atoms with Gasteiger partial charge in [-0.15, -0.1) is 20.4 Å². The van der Waals surface area contributed by atoms with E-state index in [1.54, 1.807) is 18.2 Å². The van der Waals surface area contributed by atoms with E-state index in [0.717, 1.165) is 6.42 Å². The van der Waals surface area contributed by atoms with E-state index < -0.39 is 6.17 Å². The summed E-state index contributed by atoms with van der Waals surface area (Å²) in [6.07, 6.45) is 2.42. The molecule has 1 aromatic carbocycles. The third kappa shape index (κ3) is 3.57. The predicted molar refractivity (Wildman–Crippen MR) is 104 cm³/mol. The molecule has 4 rings (SSSR count). The van der Waals surface area contributed by atoms with Crippen molar-refractivity contribution < 1.29 is 13.9 Å². The maximum absolute atomic E-state index is 14.5. The fourth-order valence-electron chi connectivity index (χ4n) is 3.53. The summed E-state index contributed by atoms with van der Waals surface area (Å²) in [5.41, 5.74) is 1.16. The van der Waals surface area contributed by atoms with Gasteiger partial charge in [0.2, 0.25) is 17.4 Å². The zero-order valence-electron chi connectivity index (χ0n) is 15.5. The maximum atomic E-state index is 14.5. The number of anilines is 1. The lowest BCUT2D eigenvalue weighted by Crippen LogP contribution is -2.48. The van der Waals surface area contributed by atoms with Crippen LogP contribution in [-0.2, 0) is 0 Å². The number of nitrogens with one attached hydrogen (secondary N) is 1. The molecular formula is C18H21FN6O2S. The number of phenolic OH excluding ortho intramolecular Hbond substituents is 1. The van der Waals surface area contributed by atoms with Crippen molar-refractivity contribution in [2.45, 2.75) is 37.5 Å². The molecule has 1 fully saturated rings. The molecule has 0 spiro atoms. The molecule has 2 N–H and O–H groups in total. The van der Waals surface area contributed by atoms with Crippen molar-refractivity contribution in [3.8, 4) is 27.8 Å². The van der Waals surface area contributed by atoms with Crippen LogP contribution >= 0.6 is 11.3 Å². The number of aromatic hydroxyl groups is 1. The van der Waals surface area contributed by atoms with Crippen molar-refractivity contribution in [2.75, 3.05) is 19.0 Å². The first-order chi connectivity index (χ1) is 13.6. The van der Waals surface area contributed by atoms with Gasteiger partial charge in [0.1, 0.15) is 11.9 Å². The van der Waals surface area contributed by atoms with E-state index in [1.165, 1.54) is 17.7 Å². The van der Waals surface area contributed by atoms with Gasteiger partial charge in [0.05, 0.1) is 11.6 Å². The number of aromatic nitrogens is 4. The maximum Gasteiger partial charge on any atom is 0.247 e. The molecule has 0 radical (unpaired) electrons. The number of phenols is 1. The third-order valence-electron chi connectivity index (χ3n) is 5.19. The Morgan fingerprint density at radius 3 is 2.86 bits per heavy atom. The molecule has 2 heterocycles. The molecule has 2 aromatic heterocycles. The van der Waals surface area contributed by atoms with Gasteiger partial charge in [0.15, 0.2) is 5.01 Å². The Hall–Kier alpha value is -2.59. The summed E-state index contributed by atoms with van der Waals surface area (Å²) in [6, 6.07) is 5.09. The van der Waals surface area contributed by atoms with Crippen LogP contribution in [0.4, 0.5) is 9.52 Å². The average Bonchev–Trinajstić information content (AvgIpc) is 3.40. The Balaban J connectivity index is 1.55. The van der Waals surface area contributed by atoms with Crippen LogP contribution in [0.2, 0.25) is 0 Å². The Morgan fingerprint density at radius 2 is 2.14 bits per heavy atom. The number of benzene rings is 1. The minimum atomic E-state index is -0.899. The second-order valence-corrected chi connectivity index (χ2v) is 7.81. The Bertz CT molecular complexity index is 934. The lowest BCUT2D eigenvalue weighted by atomic mass is 9.89. The van der Waals surface area contributed by atoms with Crippen LogP contribution in [0.5, 0.6) is 5.75 Å². The summed E-state index contributed by atoms with van der Waals surface area (Å²) < 4.78 is 19.6. The normalized spacial score (nSPS) is 22.3. The van der Waals surface area contributed by atoms with Gasteiger partial charge in [-0.1, -0.05) is 11.3 Å². The molecule has 0 saturated heterocycles. The van der Waals surface area contributed by atoms with Crippen molar-refractivity contribution in [1.82, 2.24) is 25.7 Å². The number of halogens is 1. The second kappa shape index (κ2) is 7.80. The van der Waals surface area contributed by atoms with Gasteiger partial charge in [-0.05, 0) is 44.5 Å². The molecule has 3 aromatic rings. The summed E-state index contributed by atoms with van der Waals surface area (Å²) in [6.45, 7) is 0. The molecule has 148 valence electrons. The zero-order chi connectivity index (χ0) is 19.7. The summed E-state index contributed by atoms with van der Waals surface area (Å²) in [7, 11) is 3.75. The van der Waals surface area contributed by atoms with Crippen LogP contribution in [0, 0.1) is 0 Å². The molecule has 1 aliphatic rings. The fraction of sp³-hybridized carbons (Fsp3) is 0.444. The highest BCUT2D eigenvalue weighted by Gasteiger charge is 2.34. The molecule has 8 nitrogen and oxygen atoms in total.